The van der Waals surface area contributed by atoms with Crippen LogP contribution in [-0.2, 0) is 0 Å². The molecule has 0 radical (unpaired) electrons. The van der Waals surface area contributed by atoms with Crippen LogP contribution < -0.4 is 26.3 Å². The fourth-order valence-corrected chi connectivity index (χ4v) is 1.81. The van der Waals surface area contributed by atoms with Gasteiger partial charge in [-0.1, -0.05) is 0 Å². The zero-order valence-corrected chi connectivity index (χ0v) is 11.7. The normalized spacial score (nSPS) is 10.0. The fourth-order valence-electron chi connectivity index (χ4n) is 1.81. The van der Waals surface area contributed by atoms with Crippen LogP contribution in [0.5, 0.6) is 11.5 Å². The van der Waals surface area contributed by atoms with Crippen molar-refractivity contribution in [2.75, 3.05) is 25.3 Å². The van der Waals surface area contributed by atoms with E-state index in [1.807, 2.05) is 0 Å². The molecule has 0 fully saturated rings. The number of nitrogen functional groups attached to an aromatic ring is 1. The van der Waals surface area contributed by atoms with Gasteiger partial charge in [0, 0.05) is 6.07 Å². The number of hydrogen-bond acceptors (Lipinski definition) is 6. The minimum Gasteiger partial charge on any atom is -0.497 e. The van der Waals surface area contributed by atoms with E-state index in [0.717, 1.165) is 0 Å². The minimum absolute atomic E-state index is 0.194. The molecule has 2 aromatic rings. The van der Waals surface area contributed by atoms with E-state index >= 15 is 0 Å². The SMILES string of the molecule is COc1ccc(OC)c(Nc2ncc(N)cc2C(N)=O)c1. The lowest BCUT2D eigenvalue weighted by Crippen LogP contribution is -2.15. The summed E-state index contributed by atoms with van der Waals surface area (Å²) >= 11 is 0. The molecule has 1 aromatic carbocycles. The maximum absolute atomic E-state index is 11.5. The summed E-state index contributed by atoms with van der Waals surface area (Å²) in [5.74, 6) is 0.877. The van der Waals surface area contributed by atoms with Gasteiger partial charge in [0.2, 0.25) is 0 Å². The molecule has 0 atom stereocenters. The molecule has 7 heteroatoms. The summed E-state index contributed by atoms with van der Waals surface area (Å²) in [6, 6.07) is 6.68. The third-order valence-corrected chi connectivity index (χ3v) is 2.83. The summed E-state index contributed by atoms with van der Waals surface area (Å²) in [4.78, 5) is 15.6. The van der Waals surface area contributed by atoms with Crippen LogP contribution in [0.15, 0.2) is 30.5 Å². The van der Waals surface area contributed by atoms with Crippen molar-refractivity contribution in [2.24, 2.45) is 5.73 Å². The number of pyridine rings is 1. The topological polar surface area (TPSA) is 112 Å². The van der Waals surface area contributed by atoms with Gasteiger partial charge in [0.15, 0.2) is 0 Å². The Bertz CT molecular complexity index is 673. The number of hydrogen-bond donors (Lipinski definition) is 3. The monoisotopic (exact) mass is 288 g/mol. The Hall–Kier alpha value is -2.96. The first kappa shape index (κ1) is 14.4. The van der Waals surface area contributed by atoms with Gasteiger partial charge in [-0.15, -0.1) is 0 Å². The molecule has 0 unspecified atom stereocenters. The highest BCUT2D eigenvalue weighted by Gasteiger charge is 2.13. The second kappa shape index (κ2) is 6.00. The molecule has 110 valence electrons. The van der Waals surface area contributed by atoms with Crippen LogP contribution in [0.2, 0.25) is 0 Å². The number of nitrogens with two attached hydrogens (primary N) is 2. The average molecular weight is 288 g/mol. The number of ether oxygens (including phenoxy) is 2. The van der Waals surface area contributed by atoms with Crippen molar-refractivity contribution in [3.8, 4) is 11.5 Å². The molecule has 0 saturated carbocycles. The van der Waals surface area contributed by atoms with E-state index in [2.05, 4.69) is 10.3 Å². The van der Waals surface area contributed by atoms with E-state index in [1.54, 1.807) is 32.4 Å². The molecule has 7 nitrogen and oxygen atoms in total. The Morgan fingerprint density at radius 3 is 2.62 bits per heavy atom. The van der Waals surface area contributed by atoms with Gasteiger partial charge in [-0.3, -0.25) is 4.79 Å². The lowest BCUT2D eigenvalue weighted by atomic mass is 10.2. The van der Waals surface area contributed by atoms with Crippen LogP contribution in [0, 0.1) is 0 Å². The predicted octanol–water partition coefficient (Wildman–Crippen LogP) is 1.52. The van der Waals surface area contributed by atoms with Crippen molar-refractivity contribution in [2.45, 2.75) is 0 Å². The second-order valence-corrected chi connectivity index (χ2v) is 4.22. The van der Waals surface area contributed by atoms with Gasteiger partial charge < -0.3 is 26.3 Å². The zero-order valence-electron chi connectivity index (χ0n) is 11.7. The van der Waals surface area contributed by atoms with Gasteiger partial charge in [0.25, 0.3) is 5.91 Å². The van der Waals surface area contributed by atoms with Gasteiger partial charge >= 0.3 is 0 Å². The van der Waals surface area contributed by atoms with Crippen LogP contribution in [0.3, 0.4) is 0 Å². The standard InChI is InChI=1S/C14H16N4O3/c1-20-9-3-4-12(21-2)11(6-9)18-14-10(13(16)19)5-8(15)7-17-14/h3-7H,15H2,1-2H3,(H2,16,19)(H,17,18). The van der Waals surface area contributed by atoms with Crippen molar-refractivity contribution in [1.29, 1.82) is 0 Å². The molecule has 0 aliphatic carbocycles. The quantitative estimate of drug-likeness (QED) is 0.769. The molecule has 0 aliphatic rings. The molecule has 0 saturated heterocycles. The number of nitrogens with zero attached hydrogens (tertiary/aromatic N) is 1. The van der Waals surface area contributed by atoms with Crippen LogP contribution >= 0.6 is 0 Å². The molecular formula is C14H16N4O3. The first-order valence-corrected chi connectivity index (χ1v) is 6.09. The largest absolute Gasteiger partial charge is 0.497 e. The fraction of sp³-hybridized carbons (Fsp3) is 0.143. The van der Waals surface area contributed by atoms with Gasteiger partial charge in [-0.05, 0) is 18.2 Å². The van der Waals surface area contributed by atoms with E-state index in [9.17, 15) is 4.79 Å². The number of rotatable bonds is 5. The number of benzene rings is 1. The van der Waals surface area contributed by atoms with Crippen LogP contribution in [-0.4, -0.2) is 25.1 Å². The number of carbonyl (C=O) groups excluding carboxylic acids is 1. The van der Waals surface area contributed by atoms with Gasteiger partial charge in [-0.2, -0.15) is 0 Å². The Balaban J connectivity index is 2.44. The van der Waals surface area contributed by atoms with E-state index < -0.39 is 5.91 Å². The number of primary amides is 1. The molecule has 0 spiro atoms. The summed E-state index contributed by atoms with van der Waals surface area (Å²) < 4.78 is 10.4. The molecule has 0 aliphatic heterocycles. The van der Waals surface area contributed by atoms with Gasteiger partial charge in [0.1, 0.15) is 17.3 Å². The number of nitrogens with one attached hydrogen (secondary N) is 1. The van der Waals surface area contributed by atoms with Crippen LogP contribution in [0.4, 0.5) is 17.2 Å². The summed E-state index contributed by atoms with van der Waals surface area (Å²) in [5.41, 5.74) is 12.1. The van der Waals surface area contributed by atoms with Gasteiger partial charge in [0.05, 0.1) is 37.4 Å². The van der Waals surface area contributed by atoms with E-state index in [1.165, 1.54) is 12.3 Å². The summed E-state index contributed by atoms with van der Waals surface area (Å²) in [6.45, 7) is 0. The molecule has 1 amide bonds. The number of aromatic nitrogens is 1. The molecule has 0 bridgehead atoms. The summed E-state index contributed by atoms with van der Waals surface area (Å²) in [7, 11) is 3.10. The first-order chi connectivity index (χ1) is 10.0. The van der Waals surface area contributed by atoms with Gasteiger partial charge in [-0.25, -0.2) is 4.98 Å². The molecule has 5 N–H and O–H groups in total. The van der Waals surface area contributed by atoms with Crippen molar-refractivity contribution in [3.63, 3.8) is 0 Å². The lowest BCUT2D eigenvalue weighted by molar-refractivity contribution is 0.100. The van der Waals surface area contributed by atoms with Crippen molar-refractivity contribution in [3.05, 3.63) is 36.0 Å². The Morgan fingerprint density at radius 1 is 1.24 bits per heavy atom. The molecule has 1 aromatic heterocycles. The Kier molecular flexibility index (Phi) is 4.13. The molecular weight excluding hydrogens is 272 g/mol. The maximum Gasteiger partial charge on any atom is 0.252 e. The van der Waals surface area contributed by atoms with Crippen molar-refractivity contribution >= 4 is 23.1 Å². The second-order valence-electron chi connectivity index (χ2n) is 4.22. The highest BCUT2D eigenvalue weighted by atomic mass is 16.5. The smallest absolute Gasteiger partial charge is 0.252 e. The number of amides is 1. The maximum atomic E-state index is 11.5. The average Bonchev–Trinajstić information content (AvgIpc) is 2.48. The third kappa shape index (κ3) is 3.14. The Labute approximate surface area is 121 Å². The molecule has 2 rings (SSSR count). The Morgan fingerprint density at radius 2 is 2.00 bits per heavy atom. The van der Waals surface area contributed by atoms with Crippen LogP contribution in [0.25, 0.3) is 0 Å². The highest BCUT2D eigenvalue weighted by Crippen LogP contribution is 2.32. The van der Waals surface area contributed by atoms with E-state index in [-0.39, 0.29) is 5.56 Å². The van der Waals surface area contributed by atoms with Crippen molar-refractivity contribution < 1.29 is 14.3 Å². The number of carbonyl (C=O) groups is 1. The van der Waals surface area contributed by atoms with Crippen molar-refractivity contribution in [1.82, 2.24) is 4.98 Å². The zero-order chi connectivity index (χ0) is 15.4. The first-order valence-electron chi connectivity index (χ1n) is 6.09. The molecule has 21 heavy (non-hydrogen) atoms. The lowest BCUT2D eigenvalue weighted by Gasteiger charge is -2.14. The molecule has 1 heterocycles. The number of anilines is 3. The van der Waals surface area contributed by atoms with E-state index in [4.69, 9.17) is 20.9 Å². The minimum atomic E-state index is -0.626. The summed E-state index contributed by atoms with van der Waals surface area (Å²) in [5, 5.41) is 3.00. The third-order valence-electron chi connectivity index (χ3n) is 2.83. The van der Waals surface area contributed by atoms with Crippen LogP contribution in [0.1, 0.15) is 10.4 Å². The predicted molar refractivity (Wildman–Crippen MR) is 80.0 cm³/mol. The van der Waals surface area contributed by atoms with E-state index in [0.29, 0.717) is 28.7 Å². The summed E-state index contributed by atoms with van der Waals surface area (Å²) in [6.07, 6.45) is 1.43. The highest BCUT2D eigenvalue weighted by molar-refractivity contribution is 5.99. The number of methoxy groups -OCH3 is 2.